The molecule has 302 valence electrons. The largest absolute Gasteiger partial charge is 0.394 e. The second kappa shape index (κ2) is 16.1. The van der Waals surface area contributed by atoms with Crippen LogP contribution in [0, 0.1) is 52.3 Å². The van der Waals surface area contributed by atoms with Crippen LogP contribution in [0.2, 0.25) is 0 Å². The molecule has 6 rings (SSSR count). The SMILES string of the molecule is CO[C@H]1[C@H](O[C@H]2[C@H](O[C@@H](CC[C@@H](C)[C@H]3C[C@@H](O)C4[C@@H]5C[C@H](O)C6[C@@H](O)[C@@H](O)CC[C@]6(C)C5CC[C@@]43C)C(C)C)O[C@H](CO)[C@@H]2O)OC[C@@H](OC)[C@@H]1O. The molecule has 2 aliphatic heterocycles. The van der Waals surface area contributed by atoms with E-state index in [1.54, 1.807) is 0 Å². The topological polar surface area (TPSA) is 197 Å². The van der Waals surface area contributed by atoms with Crippen LogP contribution in [0.25, 0.3) is 0 Å². The summed E-state index contributed by atoms with van der Waals surface area (Å²) in [7, 11) is 2.92. The van der Waals surface area contributed by atoms with Crippen LogP contribution < -0.4 is 0 Å². The third-order valence-electron chi connectivity index (χ3n) is 15.2. The van der Waals surface area contributed by atoms with Crippen LogP contribution in [0.3, 0.4) is 0 Å². The zero-order valence-electron chi connectivity index (χ0n) is 32.2. The summed E-state index contributed by atoms with van der Waals surface area (Å²) in [6.45, 7) is 10.6. The lowest BCUT2D eigenvalue weighted by molar-refractivity contribution is -0.313. The van der Waals surface area contributed by atoms with Gasteiger partial charge in [-0.25, -0.2) is 0 Å². The fraction of sp³-hybridized carbons (Fsp3) is 1.00. The standard InChI is InChI=1S/C39H68O13/c1-18(2)26(50-37-35(32(45)27(16-40)51-37)52-36-34(48-7)33(46)28(47-6)17-49-36)9-8-19(3)22-15-25(43)29-20-14-24(42)30-31(44)23(41)11-13-38(30,4)21(20)10-12-39(22,29)5/h18-37,40-46H,8-17H2,1-7H3/t19-,20-,21?,22-,23+,24+,25-,26+,27-,28-,29?,30?,31+,32+,33+,34-,35-,36+,37-,38-,39-/m1/s1. The minimum Gasteiger partial charge on any atom is -0.394 e. The third-order valence-corrected chi connectivity index (χ3v) is 15.2. The van der Waals surface area contributed by atoms with Gasteiger partial charge in [0.2, 0.25) is 0 Å². The summed E-state index contributed by atoms with van der Waals surface area (Å²) in [6.07, 6.45) is -4.75. The first-order chi connectivity index (χ1) is 24.6. The van der Waals surface area contributed by atoms with Gasteiger partial charge in [0.05, 0.1) is 43.7 Å². The first kappa shape index (κ1) is 41.1. The molecular weight excluding hydrogens is 676 g/mol. The lowest BCUT2D eigenvalue weighted by Crippen LogP contribution is -2.63. The van der Waals surface area contributed by atoms with Crippen molar-refractivity contribution in [2.45, 2.75) is 166 Å². The molecule has 0 amide bonds. The van der Waals surface area contributed by atoms with Gasteiger partial charge in [0, 0.05) is 20.1 Å². The van der Waals surface area contributed by atoms with E-state index in [9.17, 15) is 35.7 Å². The van der Waals surface area contributed by atoms with E-state index in [4.69, 9.17) is 28.4 Å². The maximum Gasteiger partial charge on any atom is 0.187 e. The molecular formula is C39H68O13. The van der Waals surface area contributed by atoms with Crippen molar-refractivity contribution >= 4 is 0 Å². The smallest absolute Gasteiger partial charge is 0.187 e. The Bertz CT molecular complexity index is 1180. The molecule has 3 unspecified atom stereocenters. The summed E-state index contributed by atoms with van der Waals surface area (Å²) in [5.41, 5.74) is -0.375. The van der Waals surface area contributed by atoms with Crippen molar-refractivity contribution in [1.29, 1.82) is 0 Å². The Labute approximate surface area is 309 Å². The Morgan fingerprint density at radius 3 is 2.10 bits per heavy atom. The number of hydrogen-bond acceptors (Lipinski definition) is 13. The zero-order chi connectivity index (χ0) is 37.9. The number of aliphatic hydroxyl groups excluding tert-OH is 7. The molecule has 0 aromatic rings. The van der Waals surface area contributed by atoms with Gasteiger partial charge >= 0.3 is 0 Å². The highest BCUT2D eigenvalue weighted by molar-refractivity contribution is 5.14. The molecule has 2 saturated heterocycles. The molecule has 0 radical (unpaired) electrons. The lowest BCUT2D eigenvalue weighted by atomic mass is 9.43. The zero-order valence-corrected chi connectivity index (χ0v) is 32.2. The number of ether oxygens (including phenoxy) is 6. The Kier molecular flexibility index (Phi) is 12.8. The average Bonchev–Trinajstić information content (AvgIpc) is 3.55. The predicted molar refractivity (Wildman–Crippen MR) is 187 cm³/mol. The van der Waals surface area contributed by atoms with E-state index in [0.717, 1.165) is 25.7 Å². The van der Waals surface area contributed by atoms with Crippen LogP contribution >= 0.6 is 0 Å². The molecule has 0 aromatic carbocycles. The first-order valence-corrected chi connectivity index (χ1v) is 19.9. The van der Waals surface area contributed by atoms with Gasteiger partial charge in [-0.1, -0.05) is 34.6 Å². The molecule has 4 aliphatic carbocycles. The number of fused-ring (bicyclic) bond motifs is 5. The third kappa shape index (κ3) is 7.16. The van der Waals surface area contributed by atoms with Crippen LogP contribution in [0.5, 0.6) is 0 Å². The van der Waals surface area contributed by atoms with Gasteiger partial charge in [-0.2, -0.15) is 0 Å². The monoisotopic (exact) mass is 744 g/mol. The van der Waals surface area contributed by atoms with Crippen molar-refractivity contribution in [3.8, 4) is 0 Å². The van der Waals surface area contributed by atoms with E-state index in [2.05, 4.69) is 34.6 Å². The van der Waals surface area contributed by atoms with Crippen LogP contribution in [-0.4, -0.2) is 143 Å². The van der Waals surface area contributed by atoms with Crippen molar-refractivity contribution in [3.05, 3.63) is 0 Å². The van der Waals surface area contributed by atoms with Gasteiger partial charge in [-0.3, -0.25) is 0 Å². The van der Waals surface area contributed by atoms with E-state index >= 15 is 0 Å². The van der Waals surface area contributed by atoms with Crippen LogP contribution in [0.15, 0.2) is 0 Å². The van der Waals surface area contributed by atoms with Crippen LogP contribution in [0.4, 0.5) is 0 Å². The van der Waals surface area contributed by atoms with E-state index in [-0.39, 0.29) is 65.0 Å². The summed E-state index contributed by atoms with van der Waals surface area (Å²) in [5.74, 6) is 0.797. The molecule has 4 saturated carbocycles. The fourth-order valence-electron chi connectivity index (χ4n) is 12.3. The maximum atomic E-state index is 11.8. The van der Waals surface area contributed by atoms with Gasteiger partial charge in [0.15, 0.2) is 12.6 Å². The predicted octanol–water partition coefficient (Wildman–Crippen LogP) is 1.59. The van der Waals surface area contributed by atoms with Gasteiger partial charge in [0.25, 0.3) is 0 Å². The summed E-state index contributed by atoms with van der Waals surface area (Å²) >= 11 is 0. The fourth-order valence-corrected chi connectivity index (χ4v) is 12.3. The lowest BCUT2D eigenvalue weighted by Gasteiger charge is -2.63. The van der Waals surface area contributed by atoms with Gasteiger partial charge in [0.1, 0.15) is 36.6 Å². The first-order valence-electron chi connectivity index (χ1n) is 19.9. The highest BCUT2D eigenvalue weighted by atomic mass is 16.8. The van der Waals surface area contributed by atoms with E-state index in [1.165, 1.54) is 14.2 Å². The van der Waals surface area contributed by atoms with Gasteiger partial charge in [-0.15, -0.1) is 0 Å². The summed E-state index contributed by atoms with van der Waals surface area (Å²) in [5, 5.41) is 76.5. The highest BCUT2D eigenvalue weighted by Gasteiger charge is 2.66. The highest BCUT2D eigenvalue weighted by Crippen LogP contribution is 2.68. The Balaban J connectivity index is 1.12. The molecule has 0 bridgehead atoms. The molecule has 7 N–H and O–H groups in total. The van der Waals surface area contributed by atoms with E-state index in [1.807, 2.05) is 0 Å². The molecule has 6 aliphatic rings. The van der Waals surface area contributed by atoms with Crippen LogP contribution in [0.1, 0.15) is 86.0 Å². The molecule has 13 nitrogen and oxygen atoms in total. The average molecular weight is 745 g/mol. The van der Waals surface area contributed by atoms with Crippen molar-refractivity contribution in [2.24, 2.45) is 52.3 Å². The molecule has 21 atom stereocenters. The molecule has 0 aromatic heterocycles. The van der Waals surface area contributed by atoms with Gasteiger partial charge in [-0.05, 0) is 97.7 Å². The normalized spacial score (nSPS) is 51.9. The van der Waals surface area contributed by atoms with Gasteiger partial charge < -0.3 is 64.2 Å². The number of rotatable bonds is 12. The number of aliphatic hydroxyl groups is 7. The minimum absolute atomic E-state index is 0.0598. The second-order valence-electron chi connectivity index (χ2n) is 18.1. The summed E-state index contributed by atoms with van der Waals surface area (Å²) in [4.78, 5) is 0. The van der Waals surface area contributed by atoms with Crippen molar-refractivity contribution in [1.82, 2.24) is 0 Å². The Hall–Kier alpha value is -0.520. The number of methoxy groups -OCH3 is 2. The molecule has 6 fully saturated rings. The number of hydrogen-bond donors (Lipinski definition) is 7. The molecule has 0 spiro atoms. The quantitative estimate of drug-likeness (QED) is 0.152. The van der Waals surface area contributed by atoms with Crippen molar-refractivity contribution < 1.29 is 64.2 Å². The molecule has 2 heterocycles. The Morgan fingerprint density at radius 1 is 0.750 bits per heavy atom. The Morgan fingerprint density at radius 2 is 1.44 bits per heavy atom. The molecule has 13 heteroatoms. The second-order valence-corrected chi connectivity index (χ2v) is 18.1. The van der Waals surface area contributed by atoms with Crippen molar-refractivity contribution in [3.63, 3.8) is 0 Å². The summed E-state index contributed by atoms with van der Waals surface area (Å²) < 4.78 is 35.4. The maximum absolute atomic E-state index is 11.8. The van der Waals surface area contributed by atoms with Crippen LogP contribution in [-0.2, 0) is 28.4 Å². The van der Waals surface area contributed by atoms with E-state index < -0.39 is 80.2 Å². The summed E-state index contributed by atoms with van der Waals surface area (Å²) in [6, 6.07) is 0. The van der Waals surface area contributed by atoms with E-state index in [0.29, 0.717) is 25.7 Å². The minimum atomic E-state index is -1.20. The van der Waals surface area contributed by atoms with Crippen molar-refractivity contribution in [2.75, 3.05) is 27.4 Å². The molecule has 52 heavy (non-hydrogen) atoms.